The quantitative estimate of drug-likeness (QED) is 0.773. The minimum Gasteiger partial charge on any atom is -0.356 e. The lowest BCUT2D eigenvalue weighted by Crippen LogP contribution is -1.78. The second kappa shape index (κ2) is 3.58. The Bertz CT molecular complexity index is 462. The summed E-state index contributed by atoms with van der Waals surface area (Å²) in [5, 5.41) is 3.86. The largest absolute Gasteiger partial charge is 0.356 e. The fourth-order valence-corrected chi connectivity index (χ4v) is 1.54. The molecular weight excluding hydrogens is 242 g/mol. The Morgan fingerprint density at radius 3 is 2.57 bits per heavy atom. The zero-order valence-corrected chi connectivity index (χ0v) is 9.63. The molecule has 72 valence electrons. The van der Waals surface area contributed by atoms with Gasteiger partial charge in [-0.15, -0.1) is 0 Å². The molecule has 0 spiro atoms. The van der Waals surface area contributed by atoms with Gasteiger partial charge < -0.3 is 4.52 Å². The highest BCUT2D eigenvalue weighted by Crippen LogP contribution is 2.25. The van der Waals surface area contributed by atoms with E-state index in [2.05, 4.69) is 34.1 Å². The number of nitrogens with zero attached hydrogens (tertiary/aromatic N) is 1. The molecule has 0 bridgehead atoms. The van der Waals surface area contributed by atoms with Gasteiger partial charge in [0.2, 0.25) is 0 Å². The van der Waals surface area contributed by atoms with Crippen molar-refractivity contribution < 1.29 is 4.52 Å². The van der Waals surface area contributed by atoms with Crippen LogP contribution >= 0.6 is 15.9 Å². The lowest BCUT2D eigenvalue weighted by molar-refractivity contribution is 0.427. The summed E-state index contributed by atoms with van der Waals surface area (Å²) < 4.78 is 6.29. The van der Waals surface area contributed by atoms with E-state index < -0.39 is 0 Å². The molecule has 0 unspecified atom stereocenters. The molecular formula is C11H10BrNO. The molecule has 0 aliphatic carbocycles. The fraction of sp³-hybridized carbons (Fsp3) is 0.182. The molecule has 0 aliphatic rings. The molecule has 0 amide bonds. The number of hydrogen-bond acceptors (Lipinski definition) is 2. The molecule has 1 aromatic carbocycles. The average Bonchev–Trinajstić information content (AvgIpc) is 2.57. The highest BCUT2D eigenvalue weighted by atomic mass is 79.9. The summed E-state index contributed by atoms with van der Waals surface area (Å²) >= 11 is 3.46. The van der Waals surface area contributed by atoms with Gasteiger partial charge in [-0.1, -0.05) is 21.1 Å². The Labute approximate surface area is 91.1 Å². The summed E-state index contributed by atoms with van der Waals surface area (Å²) in [6.45, 7) is 3.97. The zero-order chi connectivity index (χ0) is 10.1. The van der Waals surface area contributed by atoms with Gasteiger partial charge in [0.15, 0.2) is 5.76 Å². The summed E-state index contributed by atoms with van der Waals surface area (Å²) in [5.74, 6) is 0.818. The smallest absolute Gasteiger partial charge is 0.167 e. The average molecular weight is 252 g/mol. The molecule has 0 fully saturated rings. The molecule has 0 radical (unpaired) electrons. The maximum absolute atomic E-state index is 5.18. The van der Waals surface area contributed by atoms with Crippen LogP contribution in [0.25, 0.3) is 11.3 Å². The second-order valence-electron chi connectivity index (χ2n) is 3.30. The molecule has 0 saturated carbocycles. The lowest BCUT2D eigenvalue weighted by atomic mass is 10.1. The molecule has 14 heavy (non-hydrogen) atoms. The molecule has 2 nitrogen and oxygen atoms in total. The first-order valence-corrected chi connectivity index (χ1v) is 5.16. The zero-order valence-electron chi connectivity index (χ0n) is 8.04. The van der Waals surface area contributed by atoms with Gasteiger partial charge in [0.25, 0.3) is 0 Å². The van der Waals surface area contributed by atoms with Gasteiger partial charge in [0.05, 0.1) is 5.69 Å². The third-order valence-electron chi connectivity index (χ3n) is 2.07. The Balaban J connectivity index is 2.47. The van der Waals surface area contributed by atoms with Crippen molar-refractivity contribution in [2.45, 2.75) is 13.8 Å². The van der Waals surface area contributed by atoms with Gasteiger partial charge in [0.1, 0.15) is 0 Å². The van der Waals surface area contributed by atoms with Crippen molar-refractivity contribution in [1.82, 2.24) is 5.16 Å². The molecule has 3 heteroatoms. The summed E-state index contributed by atoms with van der Waals surface area (Å²) in [6, 6.07) is 8.03. The van der Waals surface area contributed by atoms with E-state index in [1.54, 1.807) is 0 Å². The lowest BCUT2D eigenvalue weighted by Gasteiger charge is -1.99. The predicted octanol–water partition coefficient (Wildman–Crippen LogP) is 3.72. The van der Waals surface area contributed by atoms with Crippen LogP contribution in [-0.2, 0) is 0 Å². The van der Waals surface area contributed by atoms with Crippen LogP contribution in [-0.4, -0.2) is 5.16 Å². The third-order valence-corrected chi connectivity index (χ3v) is 2.96. The number of halogens is 1. The Morgan fingerprint density at radius 2 is 2.00 bits per heavy atom. The third kappa shape index (κ3) is 1.73. The van der Waals surface area contributed by atoms with Crippen LogP contribution in [0.2, 0.25) is 0 Å². The molecule has 0 saturated heterocycles. The normalized spacial score (nSPS) is 10.5. The highest BCUT2D eigenvalue weighted by molar-refractivity contribution is 9.10. The molecule has 2 aromatic rings. The first-order valence-electron chi connectivity index (χ1n) is 4.36. The number of benzene rings is 1. The van der Waals surface area contributed by atoms with Crippen molar-refractivity contribution in [2.75, 3.05) is 0 Å². The predicted molar refractivity (Wildman–Crippen MR) is 59.1 cm³/mol. The molecule has 1 heterocycles. The van der Waals surface area contributed by atoms with Crippen LogP contribution in [0, 0.1) is 13.8 Å². The fourth-order valence-electron chi connectivity index (χ4n) is 1.30. The van der Waals surface area contributed by atoms with Gasteiger partial charge in [-0.3, -0.25) is 0 Å². The van der Waals surface area contributed by atoms with Crippen molar-refractivity contribution in [2.24, 2.45) is 0 Å². The van der Waals surface area contributed by atoms with Crippen molar-refractivity contribution >= 4 is 15.9 Å². The van der Waals surface area contributed by atoms with Crippen molar-refractivity contribution in [3.8, 4) is 11.3 Å². The minimum atomic E-state index is 0.818. The number of aromatic nitrogens is 1. The standard InChI is InChI=1S/C11H10BrNO/c1-7-5-9(3-4-10(7)12)11-6-8(2)13-14-11/h3-6H,1-2H3. The van der Waals surface area contributed by atoms with Crippen LogP contribution in [0.4, 0.5) is 0 Å². The topological polar surface area (TPSA) is 26.0 Å². The van der Waals surface area contributed by atoms with E-state index in [1.165, 1.54) is 5.56 Å². The Morgan fingerprint density at radius 1 is 1.21 bits per heavy atom. The number of aryl methyl sites for hydroxylation is 2. The van der Waals surface area contributed by atoms with Crippen LogP contribution < -0.4 is 0 Å². The Hall–Kier alpha value is -1.09. The van der Waals surface area contributed by atoms with E-state index in [0.29, 0.717) is 0 Å². The highest BCUT2D eigenvalue weighted by Gasteiger charge is 2.05. The van der Waals surface area contributed by atoms with E-state index in [-0.39, 0.29) is 0 Å². The van der Waals surface area contributed by atoms with E-state index >= 15 is 0 Å². The van der Waals surface area contributed by atoms with Crippen LogP contribution in [0.1, 0.15) is 11.3 Å². The summed E-state index contributed by atoms with van der Waals surface area (Å²) in [4.78, 5) is 0. The van der Waals surface area contributed by atoms with E-state index in [1.807, 2.05) is 25.1 Å². The van der Waals surface area contributed by atoms with Crippen molar-refractivity contribution in [3.63, 3.8) is 0 Å². The van der Waals surface area contributed by atoms with Crippen LogP contribution in [0.15, 0.2) is 33.3 Å². The molecule has 0 N–H and O–H groups in total. The summed E-state index contributed by atoms with van der Waals surface area (Å²) in [6.07, 6.45) is 0. The first kappa shape index (κ1) is 9.46. The first-order chi connectivity index (χ1) is 6.66. The number of hydrogen-bond donors (Lipinski definition) is 0. The minimum absolute atomic E-state index is 0.818. The van der Waals surface area contributed by atoms with E-state index in [4.69, 9.17) is 4.52 Å². The molecule has 2 rings (SSSR count). The van der Waals surface area contributed by atoms with Crippen molar-refractivity contribution in [1.29, 1.82) is 0 Å². The molecule has 1 aromatic heterocycles. The van der Waals surface area contributed by atoms with Gasteiger partial charge in [-0.2, -0.15) is 0 Å². The van der Waals surface area contributed by atoms with Crippen LogP contribution in [0.5, 0.6) is 0 Å². The van der Waals surface area contributed by atoms with Gasteiger partial charge in [-0.05, 0) is 37.6 Å². The molecule has 0 aliphatic heterocycles. The van der Waals surface area contributed by atoms with E-state index in [9.17, 15) is 0 Å². The summed E-state index contributed by atoms with van der Waals surface area (Å²) in [7, 11) is 0. The van der Waals surface area contributed by atoms with E-state index in [0.717, 1.165) is 21.5 Å². The Kier molecular flexibility index (Phi) is 2.42. The second-order valence-corrected chi connectivity index (χ2v) is 4.15. The summed E-state index contributed by atoms with van der Waals surface area (Å²) in [5.41, 5.74) is 3.16. The van der Waals surface area contributed by atoms with Gasteiger partial charge in [-0.25, -0.2) is 0 Å². The number of rotatable bonds is 1. The maximum atomic E-state index is 5.18. The van der Waals surface area contributed by atoms with Crippen molar-refractivity contribution in [3.05, 3.63) is 40.0 Å². The molecule has 0 atom stereocenters. The van der Waals surface area contributed by atoms with Gasteiger partial charge >= 0.3 is 0 Å². The van der Waals surface area contributed by atoms with Crippen LogP contribution in [0.3, 0.4) is 0 Å². The van der Waals surface area contributed by atoms with Gasteiger partial charge in [0, 0.05) is 16.1 Å². The maximum Gasteiger partial charge on any atom is 0.167 e. The monoisotopic (exact) mass is 251 g/mol. The SMILES string of the molecule is Cc1cc(-c2ccc(Br)c(C)c2)on1.